The molecule has 0 bridgehead atoms. The number of alkyl halides is 1. The van der Waals surface area contributed by atoms with Crippen LogP contribution in [0.3, 0.4) is 0 Å². The lowest BCUT2D eigenvalue weighted by atomic mass is 10.4. The number of aromatic nitrogens is 2. The number of nitrogens with one attached hydrogen (secondary N) is 1. The average molecular weight is 356 g/mol. The molecule has 0 saturated carbocycles. The first kappa shape index (κ1) is 15.6. The fourth-order valence-corrected chi connectivity index (χ4v) is 2.88. The third-order valence-corrected chi connectivity index (χ3v) is 3.19. The van der Waals surface area contributed by atoms with Gasteiger partial charge in [-0.1, -0.05) is 5.16 Å². The van der Waals surface area contributed by atoms with E-state index in [1.807, 2.05) is 0 Å². The number of anilines is 1. The second-order valence-corrected chi connectivity index (χ2v) is 8.07. The van der Waals surface area contributed by atoms with Gasteiger partial charge in [0.2, 0.25) is 16.7 Å². The molecule has 0 fully saturated rings. The number of halogens is 4. The molecule has 1 heterocycles. The minimum atomic E-state index is -3.60. The molecule has 0 amide bonds. The standard InChI is InChI=1S/C5H3Cl3FN4O3PS/c6-3(14)2(11-16-1-9)4-10-5(18-13-4)12-17(7,8)15/h1H2,(H,10,12,13,15)/b11-2-. The van der Waals surface area contributed by atoms with E-state index in [4.69, 9.17) is 34.1 Å². The van der Waals surface area contributed by atoms with Gasteiger partial charge in [-0.15, -0.1) is 0 Å². The minimum absolute atomic E-state index is 0.0239. The maximum atomic E-state index is 11.8. The molecular weight excluding hydrogens is 352 g/mol. The summed E-state index contributed by atoms with van der Waals surface area (Å²) in [4.78, 5) is 18.7. The zero-order valence-electron chi connectivity index (χ0n) is 8.14. The van der Waals surface area contributed by atoms with Gasteiger partial charge in [-0.2, -0.15) is 9.36 Å². The van der Waals surface area contributed by atoms with E-state index < -0.39 is 23.8 Å². The van der Waals surface area contributed by atoms with E-state index in [-0.39, 0.29) is 11.0 Å². The molecule has 13 heteroatoms. The van der Waals surface area contributed by atoms with Crippen molar-refractivity contribution in [3.63, 3.8) is 0 Å². The van der Waals surface area contributed by atoms with Crippen molar-refractivity contribution < 1.29 is 18.6 Å². The lowest BCUT2D eigenvalue weighted by Gasteiger charge is -1.99. The third kappa shape index (κ3) is 5.03. The maximum Gasteiger partial charge on any atom is 0.345 e. The highest BCUT2D eigenvalue weighted by molar-refractivity contribution is 8.09. The number of carbonyl (C=O) groups is 1. The first-order valence-electron chi connectivity index (χ1n) is 3.91. The summed E-state index contributed by atoms with van der Waals surface area (Å²) in [5, 5.41) is 4.19. The summed E-state index contributed by atoms with van der Waals surface area (Å²) in [6.07, 6.45) is 0. The smallest absolute Gasteiger partial charge is 0.345 e. The molecule has 1 rings (SSSR count). The Balaban J connectivity index is 2.95. The Morgan fingerprint density at radius 3 is 2.78 bits per heavy atom. The molecule has 18 heavy (non-hydrogen) atoms. The SMILES string of the molecule is O=C(Cl)/C(=N/OCF)c1nsc(NP(=O)(Cl)Cl)n1. The Morgan fingerprint density at radius 1 is 1.61 bits per heavy atom. The summed E-state index contributed by atoms with van der Waals surface area (Å²) in [5.41, 5.74) is -0.502. The summed E-state index contributed by atoms with van der Waals surface area (Å²) in [5.74, 6) is -3.83. The molecule has 7 nitrogen and oxygen atoms in total. The molecular formula is C5H3Cl3FN4O3PS. The lowest BCUT2D eigenvalue weighted by molar-refractivity contribution is -0.106. The minimum Gasteiger partial charge on any atom is -0.361 e. The van der Waals surface area contributed by atoms with Gasteiger partial charge in [-0.25, -0.2) is 4.39 Å². The average Bonchev–Trinajstić information content (AvgIpc) is 2.63. The summed E-state index contributed by atoms with van der Waals surface area (Å²) in [6, 6.07) is 0. The zero-order valence-corrected chi connectivity index (χ0v) is 12.1. The number of hydrogen-bond donors (Lipinski definition) is 1. The van der Waals surface area contributed by atoms with Crippen molar-refractivity contribution in [1.29, 1.82) is 0 Å². The van der Waals surface area contributed by atoms with Crippen molar-refractivity contribution in [2.75, 3.05) is 11.9 Å². The van der Waals surface area contributed by atoms with Crippen LogP contribution in [0, 0.1) is 0 Å². The summed E-state index contributed by atoms with van der Waals surface area (Å²) in [6.45, 7) is -1.25. The Hall–Kier alpha value is -0.470. The van der Waals surface area contributed by atoms with E-state index in [1.54, 1.807) is 0 Å². The van der Waals surface area contributed by atoms with Gasteiger partial charge in [0.05, 0.1) is 0 Å². The van der Waals surface area contributed by atoms with E-state index in [2.05, 4.69) is 24.4 Å². The van der Waals surface area contributed by atoms with Crippen LogP contribution < -0.4 is 5.09 Å². The normalized spacial score (nSPS) is 12.3. The second kappa shape index (κ2) is 6.63. The van der Waals surface area contributed by atoms with E-state index >= 15 is 0 Å². The van der Waals surface area contributed by atoms with Crippen LogP contribution in [-0.4, -0.2) is 27.2 Å². The van der Waals surface area contributed by atoms with Crippen molar-refractivity contribution in [3.05, 3.63) is 5.82 Å². The molecule has 0 saturated heterocycles. The fourth-order valence-electron chi connectivity index (χ4n) is 0.730. The monoisotopic (exact) mass is 354 g/mol. The van der Waals surface area contributed by atoms with Gasteiger partial charge in [0.1, 0.15) is 0 Å². The number of carbonyl (C=O) groups excluding carboxylic acids is 1. The first-order chi connectivity index (χ1) is 8.33. The van der Waals surface area contributed by atoms with Gasteiger partial charge < -0.3 is 4.84 Å². The van der Waals surface area contributed by atoms with Crippen LogP contribution in [-0.2, 0) is 14.2 Å². The molecule has 0 aliphatic carbocycles. The molecule has 0 aliphatic rings. The highest BCUT2D eigenvalue weighted by Crippen LogP contribution is 2.55. The van der Waals surface area contributed by atoms with Gasteiger partial charge in [-0.3, -0.25) is 14.4 Å². The van der Waals surface area contributed by atoms with Gasteiger partial charge in [-0.05, 0) is 34.1 Å². The van der Waals surface area contributed by atoms with E-state index in [0.29, 0.717) is 11.5 Å². The van der Waals surface area contributed by atoms with Crippen molar-refractivity contribution in [2.45, 2.75) is 0 Å². The Kier molecular flexibility index (Phi) is 5.74. The van der Waals surface area contributed by atoms with E-state index in [1.165, 1.54) is 0 Å². The number of rotatable bonds is 6. The van der Waals surface area contributed by atoms with Crippen LogP contribution in [0.5, 0.6) is 0 Å². The van der Waals surface area contributed by atoms with Crippen molar-refractivity contribution in [3.8, 4) is 0 Å². The molecule has 0 spiro atoms. The number of hydrogen-bond acceptors (Lipinski definition) is 7. The highest BCUT2D eigenvalue weighted by Gasteiger charge is 2.21. The Bertz CT molecular complexity index is 520. The highest BCUT2D eigenvalue weighted by atomic mass is 35.9. The quantitative estimate of drug-likeness (QED) is 0.365. The second-order valence-electron chi connectivity index (χ2n) is 2.45. The first-order valence-corrected chi connectivity index (χ1v) is 8.58. The van der Waals surface area contributed by atoms with Gasteiger partial charge in [0.25, 0.3) is 12.1 Å². The van der Waals surface area contributed by atoms with Gasteiger partial charge in [0, 0.05) is 11.5 Å². The fraction of sp³-hybridized carbons (Fsp3) is 0.200. The van der Waals surface area contributed by atoms with Gasteiger partial charge >= 0.3 is 6.00 Å². The van der Waals surface area contributed by atoms with Crippen LogP contribution in [0.4, 0.5) is 9.52 Å². The maximum absolute atomic E-state index is 11.8. The van der Waals surface area contributed by atoms with Crippen molar-refractivity contribution in [2.24, 2.45) is 5.16 Å². The summed E-state index contributed by atoms with van der Waals surface area (Å²) in [7, 11) is 0. The zero-order chi connectivity index (χ0) is 13.8. The van der Waals surface area contributed by atoms with Crippen LogP contribution in [0.25, 0.3) is 0 Å². The van der Waals surface area contributed by atoms with Crippen molar-refractivity contribution in [1.82, 2.24) is 9.36 Å². The molecule has 1 aromatic rings. The van der Waals surface area contributed by atoms with Crippen LogP contribution in [0.15, 0.2) is 5.16 Å². The van der Waals surface area contributed by atoms with Crippen LogP contribution >= 0.6 is 51.6 Å². The molecule has 0 atom stereocenters. The number of nitrogens with zero attached hydrogens (tertiary/aromatic N) is 3. The molecule has 1 N–H and O–H groups in total. The largest absolute Gasteiger partial charge is 0.361 e. The van der Waals surface area contributed by atoms with Gasteiger partial charge in [0.15, 0.2) is 0 Å². The number of oxime groups is 1. The third-order valence-electron chi connectivity index (χ3n) is 1.25. The Labute approximate surface area is 118 Å². The lowest BCUT2D eigenvalue weighted by Crippen LogP contribution is -2.12. The summed E-state index contributed by atoms with van der Waals surface area (Å²) >= 11 is 16.4. The molecule has 0 radical (unpaired) electrons. The van der Waals surface area contributed by atoms with Crippen molar-refractivity contribution >= 4 is 67.7 Å². The molecule has 0 aliphatic heterocycles. The Morgan fingerprint density at radius 2 is 2.28 bits per heavy atom. The topological polar surface area (TPSA) is 93.5 Å². The predicted molar refractivity (Wildman–Crippen MR) is 67.3 cm³/mol. The molecule has 100 valence electrons. The van der Waals surface area contributed by atoms with E-state index in [9.17, 15) is 13.8 Å². The summed E-state index contributed by atoms with van der Waals surface area (Å²) < 4.78 is 26.5. The predicted octanol–water partition coefficient (Wildman–Crippen LogP) is 2.95. The van der Waals surface area contributed by atoms with Crippen LogP contribution in [0.2, 0.25) is 0 Å². The molecule has 1 aromatic heterocycles. The van der Waals surface area contributed by atoms with E-state index in [0.717, 1.165) is 0 Å². The molecule has 0 unspecified atom stereocenters. The van der Waals surface area contributed by atoms with Crippen LogP contribution in [0.1, 0.15) is 5.82 Å². The molecule has 0 aromatic carbocycles.